The number of aromatic nitrogens is 1. The minimum Gasteiger partial charge on any atom is -0.255 e. The molecule has 0 atom stereocenters. The Kier molecular flexibility index (Phi) is 2.46. The van der Waals surface area contributed by atoms with Gasteiger partial charge in [0, 0.05) is 17.8 Å². The number of rotatable bonds is 1. The van der Waals surface area contributed by atoms with Crippen LogP contribution < -0.4 is 0 Å². The van der Waals surface area contributed by atoms with E-state index in [1.165, 1.54) is 18.3 Å². The quantitative estimate of drug-likeness (QED) is 0.698. The normalized spacial score (nSPS) is 10.1. The molecule has 1 aromatic heterocycles. The molecule has 1 nitrogen and oxygen atoms in total. The molecule has 0 bridgehead atoms. The van der Waals surface area contributed by atoms with Gasteiger partial charge in [0.15, 0.2) is 0 Å². The molecule has 1 radical (unpaired) electrons. The third-order valence-corrected chi connectivity index (χ3v) is 2.01. The van der Waals surface area contributed by atoms with Crippen LogP contribution in [0.2, 0.25) is 5.02 Å². The average molecular weight is 207 g/mol. The molecule has 0 unspecified atom stereocenters. The maximum atomic E-state index is 12.8. The van der Waals surface area contributed by atoms with Gasteiger partial charge < -0.3 is 0 Å². The Hall–Kier alpha value is -1.41. The zero-order valence-electron chi connectivity index (χ0n) is 7.17. The van der Waals surface area contributed by atoms with E-state index in [0.717, 1.165) is 5.56 Å². The monoisotopic (exact) mass is 206 g/mol. The highest BCUT2D eigenvalue weighted by Gasteiger charge is 1.99. The minimum absolute atomic E-state index is 0.390. The number of hydrogen-bond donors (Lipinski definition) is 0. The van der Waals surface area contributed by atoms with Crippen molar-refractivity contribution in [2.75, 3.05) is 0 Å². The second-order valence-corrected chi connectivity index (χ2v) is 3.22. The van der Waals surface area contributed by atoms with Gasteiger partial charge in [0.1, 0.15) is 5.82 Å². The standard InChI is InChI=1S/C11H6ClFN/c12-9-4-5-11(14-7-9)8-2-1-3-10(13)6-8/h1-2,4-7H. The van der Waals surface area contributed by atoms with Gasteiger partial charge >= 0.3 is 0 Å². The summed E-state index contributed by atoms with van der Waals surface area (Å²) in [5.74, 6) is -0.390. The summed E-state index contributed by atoms with van der Waals surface area (Å²) in [7, 11) is 0. The van der Waals surface area contributed by atoms with Gasteiger partial charge in [-0.05, 0) is 18.2 Å². The van der Waals surface area contributed by atoms with Crippen molar-refractivity contribution in [1.29, 1.82) is 0 Å². The summed E-state index contributed by atoms with van der Waals surface area (Å²) < 4.78 is 12.8. The summed E-state index contributed by atoms with van der Waals surface area (Å²) in [4.78, 5) is 4.08. The van der Waals surface area contributed by atoms with Crippen LogP contribution in [0.25, 0.3) is 11.3 Å². The summed E-state index contributed by atoms with van der Waals surface area (Å²) in [6.07, 6.45) is 1.53. The summed E-state index contributed by atoms with van der Waals surface area (Å²) in [5, 5.41) is 0.566. The van der Waals surface area contributed by atoms with Crippen LogP contribution in [0.3, 0.4) is 0 Å². The van der Waals surface area contributed by atoms with E-state index in [2.05, 4.69) is 11.1 Å². The highest BCUT2D eigenvalue weighted by atomic mass is 35.5. The lowest BCUT2D eigenvalue weighted by atomic mass is 10.1. The van der Waals surface area contributed by atoms with Gasteiger partial charge in [-0.3, -0.25) is 4.98 Å². The highest BCUT2D eigenvalue weighted by Crippen LogP contribution is 2.18. The predicted octanol–water partition coefficient (Wildman–Crippen LogP) is 3.34. The van der Waals surface area contributed by atoms with Crippen molar-refractivity contribution >= 4 is 11.6 Å². The van der Waals surface area contributed by atoms with Gasteiger partial charge in [0.2, 0.25) is 0 Å². The Morgan fingerprint density at radius 2 is 2.14 bits per heavy atom. The molecule has 0 saturated heterocycles. The smallest absolute Gasteiger partial charge is 0.131 e. The first kappa shape index (κ1) is 9.16. The van der Waals surface area contributed by atoms with Crippen molar-refractivity contribution in [1.82, 2.24) is 4.98 Å². The van der Waals surface area contributed by atoms with Gasteiger partial charge in [-0.25, -0.2) is 4.39 Å². The molecule has 14 heavy (non-hydrogen) atoms. The maximum Gasteiger partial charge on any atom is 0.131 e. The van der Waals surface area contributed by atoms with Crippen LogP contribution in [0.1, 0.15) is 0 Å². The molecule has 1 aromatic carbocycles. The Balaban J connectivity index is 2.44. The summed E-state index contributed by atoms with van der Waals surface area (Å²) in [5.41, 5.74) is 1.42. The molecule has 2 rings (SSSR count). The minimum atomic E-state index is -0.390. The lowest BCUT2D eigenvalue weighted by Crippen LogP contribution is -1.83. The number of nitrogens with zero attached hydrogens (tertiary/aromatic N) is 1. The number of halogens is 2. The van der Waals surface area contributed by atoms with Crippen molar-refractivity contribution < 1.29 is 4.39 Å². The van der Waals surface area contributed by atoms with E-state index in [-0.39, 0.29) is 5.82 Å². The molecule has 0 fully saturated rings. The first-order valence-electron chi connectivity index (χ1n) is 4.05. The Bertz CT molecular complexity index is 439. The van der Waals surface area contributed by atoms with Crippen molar-refractivity contribution in [3.05, 3.63) is 53.4 Å². The first-order valence-corrected chi connectivity index (χ1v) is 4.43. The maximum absolute atomic E-state index is 12.8. The lowest BCUT2D eigenvalue weighted by Gasteiger charge is -1.99. The Morgan fingerprint density at radius 1 is 1.29 bits per heavy atom. The lowest BCUT2D eigenvalue weighted by molar-refractivity contribution is 0.626. The molecule has 0 N–H and O–H groups in total. The third-order valence-electron chi connectivity index (χ3n) is 1.79. The van der Waals surface area contributed by atoms with Crippen molar-refractivity contribution in [2.24, 2.45) is 0 Å². The van der Waals surface area contributed by atoms with Crippen molar-refractivity contribution in [3.8, 4) is 11.3 Å². The average Bonchev–Trinajstić information content (AvgIpc) is 2.19. The molecule has 0 aliphatic carbocycles. The van der Waals surface area contributed by atoms with E-state index in [4.69, 9.17) is 11.6 Å². The van der Waals surface area contributed by atoms with E-state index in [1.807, 2.05) is 0 Å². The SMILES string of the molecule is Fc1[c]ccc(-c2ccc(Cl)cn2)c1. The molecule has 3 heteroatoms. The molecule has 0 amide bonds. The predicted molar refractivity (Wildman–Crippen MR) is 53.5 cm³/mol. The highest BCUT2D eigenvalue weighted by molar-refractivity contribution is 6.30. The fourth-order valence-corrected chi connectivity index (χ4v) is 1.26. The fraction of sp³-hybridized carbons (Fsp3) is 0. The molecule has 2 aromatic rings. The zero-order valence-corrected chi connectivity index (χ0v) is 7.92. The van der Waals surface area contributed by atoms with Crippen LogP contribution in [0.5, 0.6) is 0 Å². The molecule has 0 spiro atoms. The van der Waals surface area contributed by atoms with Crippen molar-refractivity contribution in [2.45, 2.75) is 0 Å². The van der Waals surface area contributed by atoms with Crippen LogP contribution in [-0.2, 0) is 0 Å². The molecule has 0 aliphatic rings. The number of pyridine rings is 1. The van der Waals surface area contributed by atoms with E-state index in [1.54, 1.807) is 18.2 Å². The zero-order chi connectivity index (χ0) is 9.97. The van der Waals surface area contributed by atoms with Crippen LogP contribution in [0, 0.1) is 11.9 Å². The Morgan fingerprint density at radius 3 is 2.79 bits per heavy atom. The van der Waals surface area contributed by atoms with E-state index < -0.39 is 0 Å². The fourth-order valence-electron chi connectivity index (χ4n) is 1.14. The van der Waals surface area contributed by atoms with Crippen LogP contribution in [0.4, 0.5) is 4.39 Å². The molecule has 0 saturated carbocycles. The Labute approximate surface area is 86.2 Å². The van der Waals surface area contributed by atoms with Gasteiger partial charge in [-0.15, -0.1) is 0 Å². The van der Waals surface area contributed by atoms with Crippen LogP contribution in [0.15, 0.2) is 36.5 Å². The topological polar surface area (TPSA) is 12.9 Å². The van der Waals surface area contributed by atoms with E-state index >= 15 is 0 Å². The molecule has 1 heterocycles. The van der Waals surface area contributed by atoms with Crippen LogP contribution in [-0.4, -0.2) is 4.98 Å². The summed E-state index contributed by atoms with van der Waals surface area (Å²) in [6, 6.07) is 10.6. The van der Waals surface area contributed by atoms with Crippen molar-refractivity contribution in [3.63, 3.8) is 0 Å². The van der Waals surface area contributed by atoms with Gasteiger partial charge in [-0.2, -0.15) is 0 Å². The van der Waals surface area contributed by atoms with Gasteiger partial charge in [0.05, 0.1) is 10.7 Å². The second kappa shape index (κ2) is 3.76. The van der Waals surface area contributed by atoms with Gasteiger partial charge in [0.25, 0.3) is 0 Å². The second-order valence-electron chi connectivity index (χ2n) is 2.79. The van der Waals surface area contributed by atoms with E-state index in [0.29, 0.717) is 10.7 Å². The summed E-state index contributed by atoms with van der Waals surface area (Å²) in [6.45, 7) is 0. The third kappa shape index (κ3) is 1.91. The number of benzene rings is 1. The molecule has 0 aliphatic heterocycles. The molecular formula is C11H6ClFN. The molecular weight excluding hydrogens is 201 g/mol. The summed E-state index contributed by atoms with van der Waals surface area (Å²) >= 11 is 5.69. The van der Waals surface area contributed by atoms with Gasteiger partial charge in [-0.1, -0.05) is 23.7 Å². The molecule has 69 valence electrons. The van der Waals surface area contributed by atoms with Crippen LogP contribution >= 0.6 is 11.6 Å². The largest absolute Gasteiger partial charge is 0.255 e. The van der Waals surface area contributed by atoms with E-state index in [9.17, 15) is 4.39 Å². The number of hydrogen-bond acceptors (Lipinski definition) is 1. The first-order chi connectivity index (χ1) is 6.75.